The first-order valence-corrected chi connectivity index (χ1v) is 9.16. The van der Waals surface area contributed by atoms with Crippen molar-refractivity contribution in [3.63, 3.8) is 0 Å². The fourth-order valence-electron chi connectivity index (χ4n) is 3.73. The molecule has 0 saturated carbocycles. The van der Waals surface area contributed by atoms with E-state index >= 15 is 0 Å². The number of thiazole rings is 1. The van der Waals surface area contributed by atoms with Crippen LogP contribution in [0, 0.1) is 6.92 Å². The van der Waals surface area contributed by atoms with Gasteiger partial charge in [-0.3, -0.25) is 4.79 Å². The number of aromatic nitrogens is 1. The van der Waals surface area contributed by atoms with Gasteiger partial charge in [0.1, 0.15) is 5.01 Å². The van der Waals surface area contributed by atoms with Gasteiger partial charge in [-0.15, -0.1) is 36.2 Å². The van der Waals surface area contributed by atoms with Crippen molar-refractivity contribution in [3.05, 3.63) is 40.9 Å². The van der Waals surface area contributed by atoms with E-state index in [0.717, 1.165) is 54.2 Å². The Hall–Kier alpha value is -1.14. The van der Waals surface area contributed by atoms with Crippen LogP contribution in [0.25, 0.3) is 10.6 Å². The average Bonchev–Trinajstić information content (AvgIpc) is 3.09. The van der Waals surface area contributed by atoms with Gasteiger partial charge in [0.2, 0.25) is 0 Å². The van der Waals surface area contributed by atoms with E-state index in [1.165, 1.54) is 0 Å². The van der Waals surface area contributed by atoms with Crippen molar-refractivity contribution in [2.45, 2.75) is 38.3 Å². The predicted molar refractivity (Wildman–Crippen MR) is 107 cm³/mol. The first-order chi connectivity index (χ1) is 11.2. The number of nitrogens with zero attached hydrogens (tertiary/aromatic N) is 2. The number of fused-ring (bicyclic) bond motifs is 2. The van der Waals surface area contributed by atoms with Gasteiger partial charge in [-0.25, -0.2) is 4.98 Å². The number of aryl methyl sites for hydroxylation is 1. The van der Waals surface area contributed by atoms with Gasteiger partial charge in [-0.2, -0.15) is 0 Å². The normalized spacial score (nSPS) is 21.9. The fraction of sp³-hybridized carbons (Fsp3) is 0.444. The second-order valence-electron chi connectivity index (χ2n) is 6.47. The number of hydrogen-bond acceptors (Lipinski definition) is 4. The molecule has 3 heterocycles. The zero-order valence-electron chi connectivity index (χ0n) is 14.1. The molecule has 0 aliphatic carbocycles. The Morgan fingerprint density at radius 2 is 2.04 bits per heavy atom. The quantitative estimate of drug-likeness (QED) is 0.831. The Kier molecular flexibility index (Phi) is 6.86. The molecule has 7 heteroatoms. The molecule has 2 fully saturated rings. The minimum Gasteiger partial charge on any atom is -0.331 e. The molecule has 0 spiro atoms. The zero-order chi connectivity index (χ0) is 15.8. The highest BCUT2D eigenvalue weighted by atomic mass is 35.5. The van der Waals surface area contributed by atoms with E-state index in [9.17, 15) is 4.79 Å². The van der Waals surface area contributed by atoms with Gasteiger partial charge in [0.05, 0.1) is 0 Å². The molecule has 2 bridgehead atoms. The molecule has 1 aromatic heterocycles. The summed E-state index contributed by atoms with van der Waals surface area (Å²) in [4.78, 5) is 19.7. The zero-order valence-corrected chi connectivity index (χ0v) is 16.6. The number of carbonyl (C=O) groups is 1. The third-order valence-corrected chi connectivity index (χ3v) is 5.87. The molecule has 4 nitrogen and oxygen atoms in total. The third kappa shape index (κ3) is 4.00. The Bertz CT molecular complexity index is 723. The van der Waals surface area contributed by atoms with Crippen molar-refractivity contribution in [1.82, 2.24) is 15.2 Å². The summed E-state index contributed by atoms with van der Waals surface area (Å²) in [5, 5.41) is 6.48. The minimum absolute atomic E-state index is 0. The lowest BCUT2D eigenvalue weighted by Crippen LogP contribution is -2.42. The van der Waals surface area contributed by atoms with E-state index in [4.69, 9.17) is 0 Å². The molecule has 0 radical (unpaired) electrons. The van der Waals surface area contributed by atoms with Crippen LogP contribution in [0.15, 0.2) is 29.6 Å². The summed E-state index contributed by atoms with van der Waals surface area (Å²) >= 11 is 1.63. The van der Waals surface area contributed by atoms with Crippen LogP contribution in [-0.4, -0.2) is 41.0 Å². The van der Waals surface area contributed by atoms with E-state index in [1.807, 2.05) is 36.6 Å². The van der Waals surface area contributed by atoms with Crippen LogP contribution in [0.2, 0.25) is 0 Å². The summed E-state index contributed by atoms with van der Waals surface area (Å²) in [6.07, 6.45) is 3.33. The summed E-state index contributed by atoms with van der Waals surface area (Å²) in [5.41, 5.74) is 2.85. The number of halogens is 2. The molecule has 136 valence electrons. The van der Waals surface area contributed by atoms with Crippen LogP contribution < -0.4 is 5.32 Å². The van der Waals surface area contributed by atoms with Crippen LogP contribution in [0.4, 0.5) is 0 Å². The van der Waals surface area contributed by atoms with Crippen molar-refractivity contribution in [2.75, 3.05) is 13.1 Å². The van der Waals surface area contributed by atoms with Crippen molar-refractivity contribution in [3.8, 4) is 10.6 Å². The van der Waals surface area contributed by atoms with E-state index in [2.05, 4.69) is 15.2 Å². The number of amides is 1. The monoisotopic (exact) mass is 399 g/mol. The molecule has 2 aliphatic heterocycles. The molecule has 1 amide bonds. The van der Waals surface area contributed by atoms with E-state index in [0.29, 0.717) is 12.1 Å². The van der Waals surface area contributed by atoms with Crippen LogP contribution in [-0.2, 0) is 0 Å². The number of nitrogens with one attached hydrogen (secondary N) is 1. The SMILES string of the molecule is Cc1csc(-c2cccc(C(=O)N3C4CCNCC3CC4)c2)n1.Cl.Cl. The summed E-state index contributed by atoms with van der Waals surface area (Å²) in [6.45, 7) is 3.94. The maximum atomic E-state index is 13.1. The fourth-order valence-corrected chi connectivity index (χ4v) is 4.53. The minimum atomic E-state index is 0. The van der Waals surface area contributed by atoms with Gasteiger partial charge in [0, 0.05) is 40.8 Å². The second-order valence-corrected chi connectivity index (χ2v) is 7.32. The molecular formula is C18H23Cl2N3OS. The Labute approximate surface area is 164 Å². The highest BCUT2D eigenvalue weighted by Gasteiger charge is 2.38. The highest BCUT2D eigenvalue weighted by molar-refractivity contribution is 7.13. The molecule has 4 rings (SSSR count). The van der Waals surface area contributed by atoms with Crippen LogP contribution in [0.3, 0.4) is 0 Å². The topological polar surface area (TPSA) is 45.2 Å². The van der Waals surface area contributed by atoms with Gasteiger partial charge < -0.3 is 10.2 Å². The molecule has 2 aliphatic rings. The van der Waals surface area contributed by atoms with Gasteiger partial charge >= 0.3 is 0 Å². The maximum absolute atomic E-state index is 13.1. The molecule has 2 saturated heterocycles. The number of rotatable bonds is 2. The molecule has 1 aromatic carbocycles. The van der Waals surface area contributed by atoms with Crippen molar-refractivity contribution in [1.29, 1.82) is 0 Å². The maximum Gasteiger partial charge on any atom is 0.254 e. The lowest BCUT2D eigenvalue weighted by atomic mass is 10.1. The average molecular weight is 400 g/mol. The van der Waals surface area contributed by atoms with E-state index in [-0.39, 0.29) is 30.7 Å². The summed E-state index contributed by atoms with van der Waals surface area (Å²) in [6, 6.07) is 8.68. The van der Waals surface area contributed by atoms with Crippen molar-refractivity contribution < 1.29 is 4.79 Å². The van der Waals surface area contributed by atoms with Gasteiger partial charge in [0.25, 0.3) is 5.91 Å². The lowest BCUT2D eigenvalue weighted by molar-refractivity contribution is 0.0680. The molecule has 2 atom stereocenters. The van der Waals surface area contributed by atoms with Gasteiger partial charge in [0.15, 0.2) is 0 Å². The standard InChI is InChI=1S/C18H21N3OS.2ClH/c1-12-11-23-17(20-12)13-3-2-4-14(9-13)18(22)21-15-5-6-16(21)10-19-8-7-15;;/h2-4,9,11,15-16,19H,5-8,10H2,1H3;2*1H. The Morgan fingerprint density at radius 3 is 2.80 bits per heavy atom. The Morgan fingerprint density at radius 1 is 1.24 bits per heavy atom. The lowest BCUT2D eigenvalue weighted by Gasteiger charge is -2.28. The van der Waals surface area contributed by atoms with Gasteiger partial charge in [-0.1, -0.05) is 12.1 Å². The predicted octanol–water partition coefficient (Wildman–Crippen LogP) is 3.93. The number of benzene rings is 1. The largest absolute Gasteiger partial charge is 0.331 e. The van der Waals surface area contributed by atoms with Crippen LogP contribution in [0.5, 0.6) is 0 Å². The van der Waals surface area contributed by atoms with Crippen LogP contribution >= 0.6 is 36.2 Å². The smallest absolute Gasteiger partial charge is 0.254 e. The number of hydrogen-bond donors (Lipinski definition) is 1. The van der Waals surface area contributed by atoms with E-state index in [1.54, 1.807) is 11.3 Å². The molecule has 1 N–H and O–H groups in total. The van der Waals surface area contributed by atoms with Gasteiger partial charge in [-0.05, 0) is 44.9 Å². The first kappa shape index (κ1) is 20.2. The molecule has 2 unspecified atom stereocenters. The molecule has 25 heavy (non-hydrogen) atoms. The third-order valence-electron chi connectivity index (χ3n) is 4.86. The summed E-state index contributed by atoms with van der Waals surface area (Å²) in [7, 11) is 0. The summed E-state index contributed by atoms with van der Waals surface area (Å²) < 4.78 is 0. The van der Waals surface area contributed by atoms with E-state index < -0.39 is 0 Å². The highest BCUT2D eigenvalue weighted by Crippen LogP contribution is 2.31. The molecule has 2 aromatic rings. The Balaban J connectivity index is 0.00000113. The van der Waals surface area contributed by atoms with Crippen LogP contribution in [0.1, 0.15) is 35.3 Å². The van der Waals surface area contributed by atoms with Crippen molar-refractivity contribution >= 4 is 42.1 Å². The van der Waals surface area contributed by atoms with Crippen molar-refractivity contribution in [2.24, 2.45) is 0 Å². The second kappa shape index (κ2) is 8.49. The molecular weight excluding hydrogens is 377 g/mol. The summed E-state index contributed by atoms with van der Waals surface area (Å²) in [5.74, 6) is 0.177. The first-order valence-electron chi connectivity index (χ1n) is 8.28. The number of carbonyl (C=O) groups excluding carboxylic acids is 1.